The van der Waals surface area contributed by atoms with Crippen LogP contribution in [-0.4, -0.2) is 38.0 Å². The molecule has 1 aromatic rings. The number of hydrogen-bond donors (Lipinski definition) is 0. The molecule has 0 aromatic heterocycles. The minimum absolute atomic E-state index is 0.182. The number of benzene rings is 1. The van der Waals surface area contributed by atoms with Gasteiger partial charge in [0.05, 0.1) is 14.2 Å². The van der Waals surface area contributed by atoms with E-state index in [0.29, 0.717) is 18.1 Å². The maximum Gasteiger partial charge on any atom is 0.161 e. The molecule has 2 atom stereocenters. The van der Waals surface area contributed by atoms with E-state index >= 15 is 0 Å². The Morgan fingerprint density at radius 1 is 1.25 bits per heavy atom. The molecular formula is C20H29NO3. The van der Waals surface area contributed by atoms with Gasteiger partial charge in [-0.3, -0.25) is 9.69 Å². The molecule has 0 N–H and O–H groups in total. The van der Waals surface area contributed by atoms with Gasteiger partial charge in [0.2, 0.25) is 0 Å². The van der Waals surface area contributed by atoms with Crippen LogP contribution in [0.3, 0.4) is 0 Å². The van der Waals surface area contributed by atoms with Gasteiger partial charge in [-0.2, -0.15) is 0 Å². The van der Waals surface area contributed by atoms with E-state index in [1.165, 1.54) is 11.1 Å². The summed E-state index contributed by atoms with van der Waals surface area (Å²) < 4.78 is 10.9. The quantitative estimate of drug-likeness (QED) is 0.844. The lowest BCUT2D eigenvalue weighted by Crippen LogP contribution is -2.51. The summed E-state index contributed by atoms with van der Waals surface area (Å²) in [6.07, 6.45) is 2.57. The Hall–Kier alpha value is -1.55. The summed E-state index contributed by atoms with van der Waals surface area (Å²) in [6, 6.07) is 4.34. The Balaban J connectivity index is 1.93. The molecule has 24 heavy (non-hydrogen) atoms. The van der Waals surface area contributed by atoms with Crippen molar-refractivity contribution < 1.29 is 14.3 Å². The highest BCUT2D eigenvalue weighted by molar-refractivity contribution is 5.86. The maximum absolute atomic E-state index is 12.9. The fraction of sp³-hybridized carbons (Fsp3) is 0.650. The molecule has 0 unspecified atom stereocenters. The normalized spacial score (nSPS) is 26.9. The zero-order chi connectivity index (χ0) is 17.5. The number of carbonyl (C=O) groups excluding carboxylic acids is 1. The van der Waals surface area contributed by atoms with Gasteiger partial charge in [0.1, 0.15) is 5.78 Å². The van der Waals surface area contributed by atoms with Crippen LogP contribution in [0.4, 0.5) is 0 Å². The summed E-state index contributed by atoms with van der Waals surface area (Å²) in [5, 5.41) is 0. The molecule has 1 saturated heterocycles. The minimum Gasteiger partial charge on any atom is -0.493 e. The molecule has 2 aliphatic rings. The molecule has 0 amide bonds. The zero-order valence-electron chi connectivity index (χ0n) is 15.5. The first kappa shape index (κ1) is 17.3. The summed E-state index contributed by atoms with van der Waals surface area (Å²) in [5.74, 6) is 2.47. The number of methoxy groups -OCH3 is 2. The van der Waals surface area contributed by atoms with Gasteiger partial charge < -0.3 is 9.47 Å². The molecule has 0 aliphatic carbocycles. The Morgan fingerprint density at radius 3 is 2.54 bits per heavy atom. The highest BCUT2D eigenvalue weighted by atomic mass is 16.5. The van der Waals surface area contributed by atoms with Crippen LogP contribution in [0, 0.1) is 11.3 Å². The summed E-state index contributed by atoms with van der Waals surface area (Å²) in [6.45, 7) is 8.42. The maximum atomic E-state index is 12.9. The van der Waals surface area contributed by atoms with E-state index in [4.69, 9.17) is 9.47 Å². The molecule has 0 radical (unpaired) electrons. The molecule has 3 rings (SSSR count). The number of piperidine rings is 1. The standard InChI is InChI=1S/C20H29NO3/c1-13(2)11-20(3)12-21-7-6-14-8-17(23-4)18(24-5)9-15(14)16(21)10-19(20)22/h8-9,13,16H,6-7,10-12H2,1-5H3/t16-,20-/m1/s1. The molecule has 1 aromatic carbocycles. The topological polar surface area (TPSA) is 38.8 Å². The molecule has 4 nitrogen and oxygen atoms in total. The lowest BCUT2D eigenvalue weighted by Gasteiger charge is -2.47. The lowest BCUT2D eigenvalue weighted by molar-refractivity contribution is -0.137. The number of fused-ring (bicyclic) bond motifs is 3. The van der Waals surface area contributed by atoms with E-state index in [2.05, 4.69) is 37.8 Å². The largest absolute Gasteiger partial charge is 0.493 e. The highest BCUT2D eigenvalue weighted by Crippen LogP contribution is 2.45. The van der Waals surface area contributed by atoms with Crippen molar-refractivity contribution in [3.05, 3.63) is 23.3 Å². The van der Waals surface area contributed by atoms with Gasteiger partial charge in [-0.25, -0.2) is 0 Å². The highest BCUT2D eigenvalue weighted by Gasteiger charge is 2.45. The van der Waals surface area contributed by atoms with Crippen LogP contribution in [-0.2, 0) is 11.2 Å². The second kappa shape index (κ2) is 6.40. The van der Waals surface area contributed by atoms with Crippen molar-refractivity contribution in [3.63, 3.8) is 0 Å². The van der Waals surface area contributed by atoms with Crippen molar-refractivity contribution in [3.8, 4) is 11.5 Å². The fourth-order valence-electron chi connectivity index (χ4n) is 4.55. The number of rotatable bonds is 4. The average Bonchev–Trinajstić information content (AvgIpc) is 2.54. The summed E-state index contributed by atoms with van der Waals surface area (Å²) in [4.78, 5) is 15.4. The number of nitrogens with zero attached hydrogens (tertiary/aromatic N) is 1. The third kappa shape index (κ3) is 2.92. The Labute approximate surface area is 145 Å². The predicted molar refractivity (Wildman–Crippen MR) is 94.8 cm³/mol. The molecule has 0 saturated carbocycles. The molecule has 2 heterocycles. The van der Waals surface area contributed by atoms with Crippen molar-refractivity contribution in [2.24, 2.45) is 11.3 Å². The molecule has 0 spiro atoms. The van der Waals surface area contributed by atoms with E-state index in [1.54, 1.807) is 14.2 Å². The lowest BCUT2D eigenvalue weighted by atomic mass is 9.71. The molecule has 1 fully saturated rings. The fourth-order valence-corrected chi connectivity index (χ4v) is 4.55. The van der Waals surface area contributed by atoms with Crippen LogP contribution in [0.2, 0.25) is 0 Å². The molecule has 4 heteroatoms. The predicted octanol–water partition coefficient (Wildman–Crippen LogP) is 3.63. The Morgan fingerprint density at radius 2 is 1.92 bits per heavy atom. The number of carbonyl (C=O) groups is 1. The van der Waals surface area contributed by atoms with Crippen molar-refractivity contribution in [2.75, 3.05) is 27.3 Å². The minimum atomic E-state index is -0.210. The summed E-state index contributed by atoms with van der Waals surface area (Å²) in [7, 11) is 3.33. The van der Waals surface area contributed by atoms with Gasteiger partial charge in [0.25, 0.3) is 0 Å². The van der Waals surface area contributed by atoms with Crippen molar-refractivity contribution >= 4 is 5.78 Å². The van der Waals surface area contributed by atoms with E-state index in [-0.39, 0.29) is 11.5 Å². The summed E-state index contributed by atoms with van der Waals surface area (Å²) in [5.41, 5.74) is 2.31. The van der Waals surface area contributed by atoms with E-state index in [1.807, 2.05) is 0 Å². The van der Waals surface area contributed by atoms with Crippen LogP contribution in [0.5, 0.6) is 11.5 Å². The van der Waals surface area contributed by atoms with E-state index in [0.717, 1.165) is 37.4 Å². The van der Waals surface area contributed by atoms with Crippen LogP contribution in [0.15, 0.2) is 12.1 Å². The first-order chi connectivity index (χ1) is 11.4. The monoisotopic (exact) mass is 331 g/mol. The summed E-state index contributed by atoms with van der Waals surface area (Å²) >= 11 is 0. The number of hydrogen-bond acceptors (Lipinski definition) is 4. The number of ketones is 1. The third-order valence-corrected chi connectivity index (χ3v) is 5.58. The molecular weight excluding hydrogens is 302 g/mol. The van der Waals surface area contributed by atoms with Crippen molar-refractivity contribution in [1.82, 2.24) is 4.90 Å². The van der Waals surface area contributed by atoms with Crippen molar-refractivity contribution in [1.29, 1.82) is 0 Å². The van der Waals surface area contributed by atoms with Crippen molar-refractivity contribution in [2.45, 2.75) is 46.1 Å². The first-order valence-electron chi connectivity index (χ1n) is 8.90. The van der Waals surface area contributed by atoms with Crippen LogP contribution in [0.1, 0.15) is 50.8 Å². The first-order valence-corrected chi connectivity index (χ1v) is 8.90. The average molecular weight is 331 g/mol. The van der Waals surface area contributed by atoms with E-state index < -0.39 is 0 Å². The second-order valence-electron chi connectivity index (χ2n) is 7.93. The van der Waals surface area contributed by atoms with Gasteiger partial charge >= 0.3 is 0 Å². The van der Waals surface area contributed by atoms with E-state index in [9.17, 15) is 4.79 Å². The Bertz CT molecular complexity index is 640. The zero-order valence-corrected chi connectivity index (χ0v) is 15.5. The SMILES string of the molecule is COc1cc2c(cc1OC)[C@H]1CC(=O)[C@](C)(CC(C)C)CN1CC2. The molecule has 2 aliphatic heterocycles. The second-order valence-corrected chi connectivity index (χ2v) is 7.93. The van der Waals surface area contributed by atoms with Crippen LogP contribution in [0.25, 0.3) is 0 Å². The molecule has 132 valence electrons. The van der Waals surface area contributed by atoms with Crippen LogP contribution >= 0.6 is 0 Å². The van der Waals surface area contributed by atoms with Gasteiger partial charge in [-0.05, 0) is 42.0 Å². The van der Waals surface area contributed by atoms with Crippen LogP contribution < -0.4 is 9.47 Å². The number of Topliss-reactive ketones (excluding diaryl/α,β-unsaturated/α-hetero) is 1. The van der Waals surface area contributed by atoms with Gasteiger partial charge in [0.15, 0.2) is 11.5 Å². The Kier molecular flexibility index (Phi) is 4.60. The van der Waals surface area contributed by atoms with Gasteiger partial charge in [-0.1, -0.05) is 20.8 Å². The van der Waals surface area contributed by atoms with Gasteiger partial charge in [0, 0.05) is 31.0 Å². The molecule has 0 bridgehead atoms. The van der Waals surface area contributed by atoms with Gasteiger partial charge in [-0.15, -0.1) is 0 Å². The number of ether oxygens (including phenoxy) is 2. The smallest absolute Gasteiger partial charge is 0.161 e. The third-order valence-electron chi connectivity index (χ3n) is 5.58.